The minimum absolute atomic E-state index is 0.131. The summed E-state index contributed by atoms with van der Waals surface area (Å²) in [5.41, 5.74) is 0.244. The molecular weight excluding hydrogens is 241 g/mol. The van der Waals surface area contributed by atoms with E-state index < -0.39 is 15.7 Å². The van der Waals surface area contributed by atoms with Gasteiger partial charge < -0.3 is 5.32 Å². The Kier molecular flexibility index (Phi) is 4.51. The van der Waals surface area contributed by atoms with Gasteiger partial charge in [-0.15, -0.1) is 0 Å². The van der Waals surface area contributed by atoms with E-state index in [2.05, 4.69) is 19.2 Å². The molecule has 5 heteroatoms. The Balaban J connectivity index is 2.84. The standard InChI is InChI=1S/C12H18FNO2S/c1-9(2)6-7-14-12-8-10(17(3,15)16)4-5-11(12)13/h4-5,8-9,14H,6-7H2,1-3H3. The van der Waals surface area contributed by atoms with Crippen molar-refractivity contribution in [2.24, 2.45) is 5.92 Å². The molecule has 0 bridgehead atoms. The van der Waals surface area contributed by atoms with Gasteiger partial charge in [0.05, 0.1) is 10.6 Å². The van der Waals surface area contributed by atoms with Gasteiger partial charge in [0.2, 0.25) is 0 Å². The Bertz CT molecular complexity index is 483. The van der Waals surface area contributed by atoms with Crippen molar-refractivity contribution in [2.45, 2.75) is 25.2 Å². The summed E-state index contributed by atoms with van der Waals surface area (Å²) in [6.45, 7) is 4.78. The van der Waals surface area contributed by atoms with Gasteiger partial charge in [0.1, 0.15) is 5.82 Å². The van der Waals surface area contributed by atoms with Gasteiger partial charge in [0, 0.05) is 12.8 Å². The Morgan fingerprint density at radius 3 is 2.53 bits per heavy atom. The number of hydrogen-bond acceptors (Lipinski definition) is 3. The number of halogens is 1. The number of benzene rings is 1. The highest BCUT2D eigenvalue weighted by atomic mass is 32.2. The van der Waals surface area contributed by atoms with Crippen molar-refractivity contribution in [1.29, 1.82) is 0 Å². The first-order chi connectivity index (χ1) is 7.80. The van der Waals surface area contributed by atoms with Gasteiger partial charge in [-0.2, -0.15) is 0 Å². The molecule has 0 aromatic heterocycles. The molecule has 0 amide bonds. The molecule has 0 aliphatic heterocycles. The van der Waals surface area contributed by atoms with Gasteiger partial charge in [0.15, 0.2) is 9.84 Å². The molecule has 0 unspecified atom stereocenters. The van der Waals surface area contributed by atoms with E-state index in [1.807, 2.05) is 0 Å². The van der Waals surface area contributed by atoms with E-state index >= 15 is 0 Å². The van der Waals surface area contributed by atoms with Crippen LogP contribution in [0.2, 0.25) is 0 Å². The summed E-state index contributed by atoms with van der Waals surface area (Å²) in [5.74, 6) is 0.0878. The van der Waals surface area contributed by atoms with Gasteiger partial charge in [-0.25, -0.2) is 12.8 Å². The van der Waals surface area contributed by atoms with E-state index in [-0.39, 0.29) is 10.6 Å². The van der Waals surface area contributed by atoms with Crippen LogP contribution in [0.3, 0.4) is 0 Å². The van der Waals surface area contributed by atoms with Crippen LogP contribution in [0.25, 0.3) is 0 Å². The third kappa shape index (κ3) is 4.34. The zero-order valence-electron chi connectivity index (χ0n) is 10.3. The van der Waals surface area contributed by atoms with Crippen LogP contribution >= 0.6 is 0 Å². The van der Waals surface area contributed by atoms with Gasteiger partial charge in [-0.05, 0) is 30.5 Å². The number of sulfone groups is 1. The summed E-state index contributed by atoms with van der Waals surface area (Å²) in [5, 5.41) is 2.92. The lowest BCUT2D eigenvalue weighted by atomic mass is 10.1. The smallest absolute Gasteiger partial charge is 0.175 e. The maximum atomic E-state index is 13.4. The van der Waals surface area contributed by atoms with Crippen molar-refractivity contribution in [2.75, 3.05) is 18.1 Å². The van der Waals surface area contributed by atoms with Crippen LogP contribution < -0.4 is 5.32 Å². The van der Waals surface area contributed by atoms with Gasteiger partial charge >= 0.3 is 0 Å². The van der Waals surface area contributed by atoms with E-state index in [1.165, 1.54) is 18.2 Å². The lowest BCUT2D eigenvalue weighted by molar-refractivity contribution is 0.596. The number of anilines is 1. The fraction of sp³-hybridized carbons (Fsp3) is 0.500. The quantitative estimate of drug-likeness (QED) is 0.827. The minimum Gasteiger partial charge on any atom is -0.383 e. The molecule has 1 aromatic rings. The Hall–Kier alpha value is -1.10. The van der Waals surface area contributed by atoms with E-state index in [9.17, 15) is 12.8 Å². The molecule has 1 rings (SSSR count). The molecule has 96 valence electrons. The summed E-state index contributed by atoms with van der Waals surface area (Å²) >= 11 is 0. The molecule has 3 nitrogen and oxygen atoms in total. The normalized spacial score (nSPS) is 11.8. The van der Waals surface area contributed by atoms with Gasteiger partial charge in [-0.1, -0.05) is 13.8 Å². The number of rotatable bonds is 5. The lowest BCUT2D eigenvalue weighted by Gasteiger charge is -2.10. The molecule has 1 N–H and O–H groups in total. The minimum atomic E-state index is -3.29. The lowest BCUT2D eigenvalue weighted by Crippen LogP contribution is -2.07. The molecular formula is C12H18FNO2S. The first kappa shape index (κ1) is 14.0. The highest BCUT2D eigenvalue weighted by Gasteiger charge is 2.10. The van der Waals surface area contributed by atoms with E-state index in [1.54, 1.807) is 0 Å². The third-order valence-electron chi connectivity index (χ3n) is 2.40. The first-order valence-corrected chi connectivity index (χ1v) is 7.43. The van der Waals surface area contributed by atoms with Crippen molar-refractivity contribution in [3.8, 4) is 0 Å². The molecule has 0 saturated heterocycles. The maximum Gasteiger partial charge on any atom is 0.175 e. The fourth-order valence-corrected chi connectivity index (χ4v) is 2.01. The molecule has 0 heterocycles. The Morgan fingerprint density at radius 1 is 1.35 bits per heavy atom. The maximum absolute atomic E-state index is 13.4. The number of nitrogens with one attached hydrogen (secondary N) is 1. The van der Waals surface area contributed by atoms with Crippen molar-refractivity contribution >= 4 is 15.5 Å². The van der Waals surface area contributed by atoms with Crippen LogP contribution in [0, 0.1) is 11.7 Å². The highest BCUT2D eigenvalue weighted by molar-refractivity contribution is 7.90. The first-order valence-electron chi connectivity index (χ1n) is 5.54. The molecule has 0 saturated carbocycles. The molecule has 0 spiro atoms. The molecule has 1 aromatic carbocycles. The van der Waals surface area contributed by atoms with Crippen LogP contribution in [0.1, 0.15) is 20.3 Å². The van der Waals surface area contributed by atoms with Crippen molar-refractivity contribution in [3.05, 3.63) is 24.0 Å². The van der Waals surface area contributed by atoms with Crippen LogP contribution in [-0.4, -0.2) is 21.2 Å². The summed E-state index contributed by atoms with van der Waals surface area (Å²) in [6, 6.07) is 3.79. The van der Waals surface area contributed by atoms with E-state index in [0.29, 0.717) is 12.5 Å². The van der Waals surface area contributed by atoms with Gasteiger partial charge in [0.25, 0.3) is 0 Å². The van der Waals surface area contributed by atoms with Gasteiger partial charge in [-0.3, -0.25) is 0 Å². The largest absolute Gasteiger partial charge is 0.383 e. The van der Waals surface area contributed by atoms with E-state index in [0.717, 1.165) is 12.7 Å². The number of hydrogen-bond donors (Lipinski definition) is 1. The predicted molar refractivity (Wildman–Crippen MR) is 67.5 cm³/mol. The van der Waals surface area contributed by atoms with Crippen LogP contribution in [0.4, 0.5) is 10.1 Å². The van der Waals surface area contributed by atoms with Crippen molar-refractivity contribution < 1.29 is 12.8 Å². The summed E-state index contributed by atoms with van der Waals surface area (Å²) in [4.78, 5) is 0.131. The average molecular weight is 259 g/mol. The van der Waals surface area contributed by atoms with E-state index in [4.69, 9.17) is 0 Å². The SMILES string of the molecule is CC(C)CCNc1cc(S(C)(=O)=O)ccc1F. The zero-order valence-corrected chi connectivity index (χ0v) is 11.1. The second kappa shape index (κ2) is 5.49. The van der Waals surface area contributed by atoms with Crippen molar-refractivity contribution in [1.82, 2.24) is 0 Å². The molecule has 17 heavy (non-hydrogen) atoms. The highest BCUT2D eigenvalue weighted by Crippen LogP contribution is 2.19. The third-order valence-corrected chi connectivity index (χ3v) is 3.51. The summed E-state index contributed by atoms with van der Waals surface area (Å²) in [6.07, 6.45) is 2.01. The molecule has 0 aliphatic rings. The fourth-order valence-electron chi connectivity index (χ4n) is 1.37. The topological polar surface area (TPSA) is 46.2 Å². The predicted octanol–water partition coefficient (Wildman–Crippen LogP) is 2.69. The average Bonchev–Trinajstić information content (AvgIpc) is 2.18. The molecule has 0 aliphatic carbocycles. The monoisotopic (exact) mass is 259 g/mol. The zero-order chi connectivity index (χ0) is 13.1. The molecule has 0 atom stereocenters. The summed E-state index contributed by atoms with van der Waals surface area (Å²) in [7, 11) is -3.29. The van der Waals surface area contributed by atoms with Crippen LogP contribution in [0.5, 0.6) is 0 Å². The van der Waals surface area contributed by atoms with Crippen molar-refractivity contribution in [3.63, 3.8) is 0 Å². The second-order valence-corrected chi connectivity index (χ2v) is 6.54. The molecule has 0 fully saturated rings. The van der Waals surface area contributed by atoms with Crippen LogP contribution in [-0.2, 0) is 9.84 Å². The Labute approximate surface area is 102 Å². The van der Waals surface area contributed by atoms with Crippen LogP contribution in [0.15, 0.2) is 23.1 Å². The summed E-state index contributed by atoms with van der Waals surface area (Å²) < 4.78 is 36.1. The molecule has 0 radical (unpaired) electrons. The Morgan fingerprint density at radius 2 is 2.00 bits per heavy atom. The second-order valence-electron chi connectivity index (χ2n) is 4.52.